The van der Waals surface area contributed by atoms with Crippen LogP contribution in [0.15, 0.2) is 36.7 Å². The summed E-state index contributed by atoms with van der Waals surface area (Å²) in [5.74, 6) is 0.162. The fourth-order valence-electron chi connectivity index (χ4n) is 2.94. The molecule has 0 radical (unpaired) electrons. The Bertz CT molecular complexity index is 696. The van der Waals surface area contributed by atoms with Crippen LogP contribution in [0, 0.1) is 18.7 Å². The number of carbonyl (C=O) groups is 1. The summed E-state index contributed by atoms with van der Waals surface area (Å²) in [5, 5.41) is 6.25. The third kappa shape index (κ3) is 4.35. The molecule has 0 bridgehead atoms. The molecule has 1 aliphatic rings. The Morgan fingerprint density at radius 3 is 2.79 bits per heavy atom. The van der Waals surface area contributed by atoms with E-state index >= 15 is 0 Å². The number of hydrogen-bond donors (Lipinski definition) is 2. The van der Waals surface area contributed by atoms with Gasteiger partial charge in [0, 0.05) is 18.9 Å². The molecule has 1 aromatic carbocycles. The van der Waals surface area contributed by atoms with Gasteiger partial charge in [-0.25, -0.2) is 14.4 Å². The molecule has 1 fully saturated rings. The maximum atomic E-state index is 13.2. The van der Waals surface area contributed by atoms with E-state index in [1.54, 1.807) is 24.5 Å². The number of nitrogens with one attached hydrogen (secondary N) is 2. The highest BCUT2D eigenvalue weighted by Gasteiger charge is 2.23. The van der Waals surface area contributed by atoms with E-state index < -0.39 is 0 Å². The van der Waals surface area contributed by atoms with Gasteiger partial charge in [-0.1, -0.05) is 12.1 Å². The topological polar surface area (TPSA) is 66.9 Å². The van der Waals surface area contributed by atoms with Gasteiger partial charge < -0.3 is 5.32 Å². The van der Waals surface area contributed by atoms with Crippen LogP contribution in [0.2, 0.25) is 0 Å². The molecule has 1 aromatic heterocycles. The lowest BCUT2D eigenvalue weighted by Gasteiger charge is -2.30. The van der Waals surface area contributed by atoms with E-state index in [-0.39, 0.29) is 23.7 Å². The van der Waals surface area contributed by atoms with Gasteiger partial charge in [0.1, 0.15) is 5.82 Å². The Morgan fingerprint density at radius 2 is 2.12 bits per heavy atom. The van der Waals surface area contributed by atoms with E-state index in [1.807, 2.05) is 13.0 Å². The van der Waals surface area contributed by atoms with Crippen molar-refractivity contribution in [3.8, 4) is 0 Å². The van der Waals surface area contributed by atoms with Crippen molar-refractivity contribution in [2.24, 2.45) is 5.92 Å². The largest absolute Gasteiger partial charge is 0.334 e. The fraction of sp³-hybridized carbons (Fsp3) is 0.389. The molecule has 2 unspecified atom stereocenters. The predicted octanol–water partition coefficient (Wildman–Crippen LogP) is 2.22. The zero-order valence-electron chi connectivity index (χ0n) is 13.6. The van der Waals surface area contributed by atoms with Crippen LogP contribution in [0.4, 0.5) is 4.39 Å². The molecule has 2 heterocycles. The Labute approximate surface area is 140 Å². The van der Waals surface area contributed by atoms with Gasteiger partial charge in [-0.05, 0) is 55.4 Å². The molecule has 5 nitrogen and oxygen atoms in total. The van der Waals surface area contributed by atoms with Crippen molar-refractivity contribution in [2.75, 3.05) is 6.54 Å². The number of nitrogens with zero attached hydrogens (tertiary/aromatic N) is 2. The minimum atomic E-state index is -0.268. The molecule has 1 saturated heterocycles. The van der Waals surface area contributed by atoms with Crippen molar-refractivity contribution >= 4 is 5.91 Å². The highest BCUT2D eigenvalue weighted by Crippen LogP contribution is 2.19. The average Bonchev–Trinajstić information content (AvgIpc) is 2.57. The van der Waals surface area contributed by atoms with Gasteiger partial charge in [-0.2, -0.15) is 0 Å². The second-order valence-corrected chi connectivity index (χ2v) is 6.30. The van der Waals surface area contributed by atoms with Crippen LogP contribution in [-0.2, 0) is 6.42 Å². The van der Waals surface area contributed by atoms with E-state index in [0.29, 0.717) is 5.92 Å². The molecule has 126 valence electrons. The van der Waals surface area contributed by atoms with Crippen molar-refractivity contribution in [1.82, 2.24) is 20.6 Å². The van der Waals surface area contributed by atoms with Gasteiger partial charge in [0.25, 0.3) is 5.91 Å². The number of halogens is 1. The Hall–Kier alpha value is -2.34. The van der Waals surface area contributed by atoms with Crippen LogP contribution in [0.5, 0.6) is 0 Å². The Balaban J connectivity index is 1.48. The smallest absolute Gasteiger partial charge is 0.290 e. The Kier molecular flexibility index (Phi) is 5.15. The number of amides is 1. The molecule has 2 N–H and O–H groups in total. The second kappa shape index (κ2) is 7.49. The van der Waals surface area contributed by atoms with Crippen molar-refractivity contribution in [3.05, 3.63) is 59.4 Å². The second-order valence-electron chi connectivity index (χ2n) is 6.30. The van der Waals surface area contributed by atoms with E-state index in [4.69, 9.17) is 0 Å². The van der Waals surface area contributed by atoms with E-state index in [9.17, 15) is 9.18 Å². The van der Waals surface area contributed by atoms with Gasteiger partial charge in [-0.3, -0.25) is 10.1 Å². The molecule has 24 heavy (non-hydrogen) atoms. The lowest BCUT2D eigenvalue weighted by atomic mass is 9.91. The first kappa shape index (κ1) is 16.5. The summed E-state index contributed by atoms with van der Waals surface area (Å²) in [6.45, 7) is 2.67. The minimum absolute atomic E-state index is 0.0776. The summed E-state index contributed by atoms with van der Waals surface area (Å²) in [7, 11) is 0. The van der Waals surface area contributed by atoms with Crippen LogP contribution in [0.3, 0.4) is 0 Å². The van der Waals surface area contributed by atoms with Gasteiger partial charge in [0.15, 0.2) is 0 Å². The molecule has 1 aliphatic heterocycles. The first-order chi connectivity index (χ1) is 11.6. The summed E-state index contributed by atoms with van der Waals surface area (Å²) in [4.78, 5) is 20.2. The van der Waals surface area contributed by atoms with E-state index in [2.05, 4.69) is 20.6 Å². The molecule has 6 heteroatoms. The third-order valence-electron chi connectivity index (χ3n) is 4.22. The van der Waals surface area contributed by atoms with Crippen LogP contribution < -0.4 is 10.6 Å². The number of carbonyl (C=O) groups excluding carboxylic acids is 1. The maximum Gasteiger partial charge on any atom is 0.290 e. The monoisotopic (exact) mass is 328 g/mol. The molecule has 3 rings (SSSR count). The molecular formula is C18H21FN4O. The van der Waals surface area contributed by atoms with Gasteiger partial charge in [-0.15, -0.1) is 0 Å². The summed E-state index contributed by atoms with van der Waals surface area (Å²) < 4.78 is 13.2. The summed E-state index contributed by atoms with van der Waals surface area (Å²) in [6, 6.07) is 6.74. The quantitative estimate of drug-likeness (QED) is 0.903. The van der Waals surface area contributed by atoms with Crippen LogP contribution in [-0.4, -0.2) is 28.6 Å². The number of aryl methyl sites for hydroxylation is 1. The molecular weight excluding hydrogens is 307 g/mol. The minimum Gasteiger partial charge on any atom is -0.334 e. The summed E-state index contributed by atoms with van der Waals surface area (Å²) >= 11 is 0. The number of rotatable bonds is 4. The lowest BCUT2D eigenvalue weighted by molar-refractivity contribution is 0.0903. The van der Waals surface area contributed by atoms with Crippen molar-refractivity contribution < 1.29 is 9.18 Å². The highest BCUT2D eigenvalue weighted by molar-refractivity contribution is 5.90. The molecule has 2 aromatic rings. The predicted molar refractivity (Wildman–Crippen MR) is 88.9 cm³/mol. The molecule has 1 amide bonds. The standard InChI is InChI=1S/C18H21FN4O/c1-12-9-21-17(22-10-12)18(24)23-16-6-5-14(11-20-16)7-13-3-2-4-15(19)8-13/h2-4,8-10,14,16,20H,5-7,11H2,1H3,(H,23,24). The van der Waals surface area contributed by atoms with Gasteiger partial charge >= 0.3 is 0 Å². The van der Waals surface area contributed by atoms with Crippen LogP contribution in [0.25, 0.3) is 0 Å². The lowest BCUT2D eigenvalue weighted by Crippen LogP contribution is -2.50. The normalized spacial score (nSPS) is 20.6. The van der Waals surface area contributed by atoms with Gasteiger partial charge in [0.05, 0.1) is 6.17 Å². The zero-order valence-corrected chi connectivity index (χ0v) is 13.6. The first-order valence-corrected chi connectivity index (χ1v) is 8.17. The number of hydrogen-bond acceptors (Lipinski definition) is 4. The third-order valence-corrected chi connectivity index (χ3v) is 4.22. The molecule has 0 saturated carbocycles. The first-order valence-electron chi connectivity index (χ1n) is 8.17. The number of aromatic nitrogens is 2. The van der Waals surface area contributed by atoms with E-state index in [1.165, 1.54) is 6.07 Å². The van der Waals surface area contributed by atoms with Crippen LogP contribution in [0.1, 0.15) is 34.6 Å². The SMILES string of the molecule is Cc1cnc(C(=O)NC2CCC(Cc3cccc(F)c3)CN2)nc1. The molecule has 0 aliphatic carbocycles. The number of benzene rings is 1. The molecule has 0 spiro atoms. The van der Waals surface area contributed by atoms with Crippen molar-refractivity contribution in [3.63, 3.8) is 0 Å². The number of piperidine rings is 1. The Morgan fingerprint density at radius 1 is 1.33 bits per heavy atom. The zero-order chi connectivity index (χ0) is 16.9. The molecule has 2 atom stereocenters. The summed E-state index contributed by atoms with van der Waals surface area (Å²) in [5.41, 5.74) is 1.93. The van der Waals surface area contributed by atoms with Crippen LogP contribution >= 0.6 is 0 Å². The maximum absolute atomic E-state index is 13.2. The summed E-state index contributed by atoms with van der Waals surface area (Å²) in [6.07, 6.45) is 5.83. The fourth-order valence-corrected chi connectivity index (χ4v) is 2.94. The van der Waals surface area contributed by atoms with E-state index in [0.717, 1.165) is 36.9 Å². The van der Waals surface area contributed by atoms with Gasteiger partial charge in [0.2, 0.25) is 5.82 Å². The highest BCUT2D eigenvalue weighted by atomic mass is 19.1. The van der Waals surface area contributed by atoms with Crippen molar-refractivity contribution in [1.29, 1.82) is 0 Å². The average molecular weight is 328 g/mol. The van der Waals surface area contributed by atoms with Crippen molar-refractivity contribution in [2.45, 2.75) is 32.4 Å².